The van der Waals surface area contributed by atoms with Crippen molar-refractivity contribution in [3.63, 3.8) is 0 Å². The van der Waals surface area contributed by atoms with Gasteiger partial charge in [0.2, 0.25) is 0 Å². The predicted octanol–water partition coefficient (Wildman–Crippen LogP) is 3.90. The molecule has 2 aromatic rings. The lowest BCUT2D eigenvalue weighted by atomic mass is 10.1. The largest absolute Gasteiger partial charge is 0.435 e. The number of thiophene rings is 1. The molecular formula is C14H18F3N3S. The summed E-state index contributed by atoms with van der Waals surface area (Å²) in [7, 11) is 0. The van der Waals surface area contributed by atoms with Crippen LogP contribution in [0.15, 0.2) is 24.4 Å². The molecule has 116 valence electrons. The summed E-state index contributed by atoms with van der Waals surface area (Å²) >= 11 is 1.58. The van der Waals surface area contributed by atoms with E-state index < -0.39 is 11.9 Å². The molecule has 7 heteroatoms. The molecule has 0 spiro atoms. The van der Waals surface area contributed by atoms with Crippen molar-refractivity contribution in [2.45, 2.75) is 45.6 Å². The summed E-state index contributed by atoms with van der Waals surface area (Å²) in [6.45, 7) is 7.37. The molecule has 0 aliphatic carbocycles. The fourth-order valence-electron chi connectivity index (χ4n) is 1.72. The monoisotopic (exact) mass is 317 g/mol. The third-order valence-electron chi connectivity index (χ3n) is 2.76. The molecule has 0 unspecified atom stereocenters. The van der Waals surface area contributed by atoms with E-state index in [0.717, 1.165) is 22.4 Å². The fraction of sp³-hybridized carbons (Fsp3) is 0.500. The first kappa shape index (κ1) is 16.0. The minimum absolute atomic E-state index is 0.0355. The van der Waals surface area contributed by atoms with Crippen LogP contribution >= 0.6 is 11.3 Å². The summed E-state index contributed by atoms with van der Waals surface area (Å²) in [6.07, 6.45) is -3.03. The number of hydrogen-bond acceptors (Lipinski definition) is 3. The summed E-state index contributed by atoms with van der Waals surface area (Å²) < 4.78 is 38.7. The molecule has 21 heavy (non-hydrogen) atoms. The van der Waals surface area contributed by atoms with Gasteiger partial charge >= 0.3 is 6.18 Å². The molecule has 0 aromatic carbocycles. The fourth-order valence-corrected chi connectivity index (χ4v) is 2.67. The van der Waals surface area contributed by atoms with Crippen LogP contribution in [0.1, 0.15) is 36.2 Å². The Balaban J connectivity index is 1.98. The van der Waals surface area contributed by atoms with Gasteiger partial charge < -0.3 is 5.32 Å². The van der Waals surface area contributed by atoms with Crippen LogP contribution in [0.5, 0.6) is 0 Å². The zero-order chi connectivity index (χ0) is 15.7. The molecule has 3 nitrogen and oxygen atoms in total. The third kappa shape index (κ3) is 4.86. The molecule has 0 saturated heterocycles. The van der Waals surface area contributed by atoms with E-state index >= 15 is 0 Å². The number of aromatic nitrogens is 2. The summed E-state index contributed by atoms with van der Waals surface area (Å²) in [5.74, 6) is 0. The van der Waals surface area contributed by atoms with Gasteiger partial charge in [-0.3, -0.25) is 4.68 Å². The Bertz CT molecular complexity index is 593. The first-order chi connectivity index (χ1) is 9.63. The van der Waals surface area contributed by atoms with E-state index in [1.807, 2.05) is 12.1 Å². The Labute approximate surface area is 125 Å². The quantitative estimate of drug-likeness (QED) is 0.927. The van der Waals surface area contributed by atoms with E-state index in [9.17, 15) is 13.2 Å². The molecular weight excluding hydrogens is 299 g/mol. The van der Waals surface area contributed by atoms with Gasteiger partial charge in [-0.15, -0.1) is 11.3 Å². The van der Waals surface area contributed by atoms with Crippen LogP contribution in [-0.2, 0) is 19.3 Å². The van der Waals surface area contributed by atoms with Crippen molar-refractivity contribution in [2.24, 2.45) is 0 Å². The average Bonchev–Trinajstić information content (AvgIpc) is 2.94. The lowest BCUT2D eigenvalue weighted by Crippen LogP contribution is -2.34. The van der Waals surface area contributed by atoms with Gasteiger partial charge in [0.25, 0.3) is 0 Å². The molecule has 0 radical (unpaired) electrons. The molecule has 0 aliphatic rings. The van der Waals surface area contributed by atoms with Gasteiger partial charge in [-0.2, -0.15) is 18.3 Å². The predicted molar refractivity (Wildman–Crippen MR) is 77.2 cm³/mol. The molecule has 0 atom stereocenters. The van der Waals surface area contributed by atoms with Crippen LogP contribution < -0.4 is 5.32 Å². The highest BCUT2D eigenvalue weighted by Gasteiger charge is 2.33. The Hall–Kier alpha value is -1.34. The smallest absolute Gasteiger partial charge is 0.307 e. The maximum absolute atomic E-state index is 12.5. The molecule has 2 aromatic heterocycles. The molecule has 1 N–H and O–H groups in total. The summed E-state index contributed by atoms with van der Waals surface area (Å²) in [5, 5.41) is 6.93. The van der Waals surface area contributed by atoms with Crippen LogP contribution in [0.2, 0.25) is 0 Å². The third-order valence-corrected chi connectivity index (χ3v) is 3.83. The Morgan fingerprint density at radius 1 is 1.14 bits per heavy atom. The van der Waals surface area contributed by atoms with E-state index in [1.54, 1.807) is 11.3 Å². The number of nitrogens with zero attached hydrogens (tertiary/aromatic N) is 2. The second-order valence-corrected chi connectivity index (χ2v) is 7.12. The van der Waals surface area contributed by atoms with Crippen molar-refractivity contribution in [1.82, 2.24) is 15.1 Å². The molecule has 2 heterocycles. The van der Waals surface area contributed by atoms with Crippen molar-refractivity contribution in [1.29, 1.82) is 0 Å². The number of halogens is 3. The summed E-state index contributed by atoms with van der Waals surface area (Å²) in [5.41, 5.74) is -0.818. The maximum atomic E-state index is 12.5. The van der Waals surface area contributed by atoms with Gasteiger partial charge in [0.15, 0.2) is 5.69 Å². The molecule has 0 fully saturated rings. The normalized spacial score (nSPS) is 12.9. The summed E-state index contributed by atoms with van der Waals surface area (Å²) in [6, 6.07) is 4.92. The molecule has 0 saturated carbocycles. The minimum atomic E-state index is -4.39. The average molecular weight is 317 g/mol. The van der Waals surface area contributed by atoms with Crippen LogP contribution in [0.3, 0.4) is 0 Å². The molecule has 2 rings (SSSR count). The van der Waals surface area contributed by atoms with Crippen LogP contribution in [0.25, 0.3) is 0 Å². The molecule has 0 aliphatic heterocycles. The lowest BCUT2D eigenvalue weighted by Gasteiger charge is -2.19. The first-order valence-electron chi connectivity index (χ1n) is 6.57. The van der Waals surface area contributed by atoms with Gasteiger partial charge in [0, 0.05) is 28.0 Å². The highest BCUT2D eigenvalue weighted by Crippen LogP contribution is 2.27. The van der Waals surface area contributed by atoms with Crippen molar-refractivity contribution in [3.8, 4) is 0 Å². The highest BCUT2D eigenvalue weighted by molar-refractivity contribution is 7.11. The number of hydrogen-bond donors (Lipinski definition) is 1. The number of nitrogens with one attached hydrogen (secondary N) is 1. The second-order valence-electron chi connectivity index (χ2n) is 5.87. The zero-order valence-electron chi connectivity index (χ0n) is 12.2. The Morgan fingerprint density at radius 3 is 2.38 bits per heavy atom. The van der Waals surface area contributed by atoms with Crippen molar-refractivity contribution >= 4 is 11.3 Å². The van der Waals surface area contributed by atoms with Gasteiger partial charge in [0.05, 0.1) is 6.54 Å². The topological polar surface area (TPSA) is 29.9 Å². The van der Waals surface area contributed by atoms with Crippen molar-refractivity contribution in [3.05, 3.63) is 39.8 Å². The highest BCUT2D eigenvalue weighted by atomic mass is 32.1. The van der Waals surface area contributed by atoms with Gasteiger partial charge in [-0.05, 0) is 39.0 Å². The minimum Gasteiger partial charge on any atom is -0.307 e. The van der Waals surface area contributed by atoms with Crippen LogP contribution in [0, 0.1) is 0 Å². The Morgan fingerprint density at radius 2 is 1.81 bits per heavy atom. The number of alkyl halides is 3. The summed E-state index contributed by atoms with van der Waals surface area (Å²) in [4.78, 5) is 2.14. The van der Waals surface area contributed by atoms with E-state index in [2.05, 4.69) is 31.2 Å². The van der Waals surface area contributed by atoms with E-state index in [0.29, 0.717) is 6.54 Å². The standard InChI is InChI=1S/C14H18F3N3S/c1-13(2,3)18-8-10-4-5-11(21-10)9-20-7-6-12(19-20)14(15,16)17/h4-7,18H,8-9H2,1-3H3. The molecule has 0 bridgehead atoms. The van der Waals surface area contributed by atoms with Crippen molar-refractivity contribution in [2.75, 3.05) is 0 Å². The maximum Gasteiger partial charge on any atom is 0.435 e. The van der Waals surface area contributed by atoms with Gasteiger partial charge in [0.1, 0.15) is 0 Å². The van der Waals surface area contributed by atoms with E-state index in [1.165, 1.54) is 10.9 Å². The number of rotatable bonds is 4. The van der Waals surface area contributed by atoms with Gasteiger partial charge in [-0.25, -0.2) is 0 Å². The van der Waals surface area contributed by atoms with Crippen molar-refractivity contribution < 1.29 is 13.2 Å². The molecule has 0 amide bonds. The SMILES string of the molecule is CC(C)(C)NCc1ccc(Cn2ccc(C(F)(F)F)n2)s1. The van der Waals surface area contributed by atoms with Crippen LogP contribution in [0.4, 0.5) is 13.2 Å². The van der Waals surface area contributed by atoms with Crippen LogP contribution in [-0.4, -0.2) is 15.3 Å². The van der Waals surface area contributed by atoms with E-state index in [4.69, 9.17) is 0 Å². The zero-order valence-corrected chi connectivity index (χ0v) is 13.0. The second kappa shape index (κ2) is 5.81. The first-order valence-corrected chi connectivity index (χ1v) is 7.38. The Kier molecular flexibility index (Phi) is 4.43. The lowest BCUT2D eigenvalue weighted by molar-refractivity contribution is -0.141. The van der Waals surface area contributed by atoms with E-state index in [-0.39, 0.29) is 5.54 Å². The van der Waals surface area contributed by atoms with Gasteiger partial charge in [-0.1, -0.05) is 0 Å².